The van der Waals surface area contributed by atoms with E-state index in [1.54, 1.807) is 7.11 Å². The van der Waals surface area contributed by atoms with E-state index in [1.807, 2.05) is 24.7 Å². The first-order chi connectivity index (χ1) is 13.6. The lowest BCUT2D eigenvalue weighted by atomic mass is 9.88. The van der Waals surface area contributed by atoms with Crippen LogP contribution in [0.1, 0.15) is 48.4 Å². The molecule has 0 radical (unpaired) electrons. The van der Waals surface area contributed by atoms with E-state index in [0.717, 1.165) is 49.5 Å². The van der Waals surface area contributed by atoms with E-state index in [4.69, 9.17) is 4.74 Å². The van der Waals surface area contributed by atoms with Gasteiger partial charge in [-0.05, 0) is 25.3 Å². The topological polar surface area (TPSA) is 59.4 Å². The molecule has 150 valence electrons. The number of benzene rings is 1. The first-order valence-electron chi connectivity index (χ1n) is 10.2. The van der Waals surface area contributed by atoms with Crippen LogP contribution in [0.3, 0.4) is 0 Å². The van der Waals surface area contributed by atoms with Crippen LogP contribution < -0.4 is 10.1 Å². The highest BCUT2D eigenvalue weighted by Gasteiger charge is 2.43. The van der Waals surface area contributed by atoms with Gasteiger partial charge in [-0.25, -0.2) is 4.68 Å². The molecule has 28 heavy (non-hydrogen) atoms. The summed E-state index contributed by atoms with van der Waals surface area (Å²) in [4.78, 5) is 14.9. The Balaban J connectivity index is 1.66. The number of amides is 1. The second-order valence-corrected chi connectivity index (χ2v) is 8.05. The normalized spacial score (nSPS) is 25.7. The fourth-order valence-electron chi connectivity index (χ4n) is 4.97. The lowest BCUT2D eigenvalue weighted by molar-refractivity contribution is -0.122. The number of carbonyl (C=O) groups excluding carboxylic acids is 1. The van der Waals surface area contributed by atoms with Gasteiger partial charge in [-0.1, -0.05) is 36.8 Å². The summed E-state index contributed by atoms with van der Waals surface area (Å²) in [5.74, 6) is 1.32. The van der Waals surface area contributed by atoms with E-state index in [1.165, 1.54) is 5.56 Å². The Hall–Kier alpha value is -2.34. The molecule has 1 N–H and O–H groups in total. The number of hydrogen-bond acceptors (Lipinski definition) is 4. The molecule has 2 aromatic rings. The highest BCUT2D eigenvalue weighted by molar-refractivity contribution is 5.76. The number of nitrogens with zero attached hydrogens (tertiary/aromatic N) is 3. The molecule has 0 spiro atoms. The lowest BCUT2D eigenvalue weighted by Crippen LogP contribution is -2.47. The Labute approximate surface area is 166 Å². The minimum Gasteiger partial charge on any atom is -0.481 e. The van der Waals surface area contributed by atoms with Crippen LogP contribution in [0, 0.1) is 6.92 Å². The molecule has 0 unspecified atom stereocenters. The number of ether oxygens (including phenoxy) is 1. The van der Waals surface area contributed by atoms with E-state index in [2.05, 4.69) is 39.6 Å². The minimum absolute atomic E-state index is 0.151. The van der Waals surface area contributed by atoms with Crippen molar-refractivity contribution in [3.05, 3.63) is 47.2 Å². The molecule has 2 saturated heterocycles. The second-order valence-electron chi connectivity index (χ2n) is 8.05. The van der Waals surface area contributed by atoms with Crippen LogP contribution in [0.5, 0.6) is 5.88 Å². The van der Waals surface area contributed by atoms with Gasteiger partial charge in [0.15, 0.2) is 0 Å². The number of nitrogens with one attached hydrogen (secondary N) is 1. The monoisotopic (exact) mass is 382 g/mol. The van der Waals surface area contributed by atoms with Crippen LogP contribution in [0.15, 0.2) is 30.3 Å². The SMILES string of the molecule is COc1c(CN2C[C@@H](c3ccccc3)[C@@H]3NC(=O)CCCC[C@H]32)c(C)nn1C. The predicted molar refractivity (Wildman–Crippen MR) is 108 cm³/mol. The smallest absolute Gasteiger partial charge is 0.220 e. The lowest BCUT2D eigenvalue weighted by Gasteiger charge is -2.31. The van der Waals surface area contributed by atoms with E-state index < -0.39 is 0 Å². The Morgan fingerprint density at radius 2 is 2.04 bits per heavy atom. The summed E-state index contributed by atoms with van der Waals surface area (Å²) in [6.07, 6.45) is 3.81. The molecule has 6 nitrogen and oxygen atoms in total. The van der Waals surface area contributed by atoms with Gasteiger partial charge in [-0.2, -0.15) is 5.10 Å². The van der Waals surface area contributed by atoms with Gasteiger partial charge >= 0.3 is 0 Å². The summed E-state index contributed by atoms with van der Waals surface area (Å²) in [5.41, 5.74) is 3.45. The molecular weight excluding hydrogens is 352 g/mol. The number of fused-ring (bicyclic) bond motifs is 1. The van der Waals surface area contributed by atoms with Crippen molar-refractivity contribution in [2.75, 3.05) is 13.7 Å². The van der Waals surface area contributed by atoms with E-state index in [-0.39, 0.29) is 11.9 Å². The summed E-state index contributed by atoms with van der Waals surface area (Å²) >= 11 is 0. The zero-order chi connectivity index (χ0) is 19.7. The van der Waals surface area contributed by atoms with Crippen molar-refractivity contribution in [1.29, 1.82) is 0 Å². The van der Waals surface area contributed by atoms with E-state index in [9.17, 15) is 4.79 Å². The molecule has 4 rings (SSSR count). The molecular formula is C22H30N4O2. The Morgan fingerprint density at radius 1 is 1.25 bits per heavy atom. The van der Waals surface area contributed by atoms with Crippen LogP contribution in [0.25, 0.3) is 0 Å². The zero-order valence-corrected chi connectivity index (χ0v) is 17.0. The number of methoxy groups -OCH3 is 1. The molecule has 2 fully saturated rings. The van der Waals surface area contributed by atoms with Gasteiger partial charge in [0.05, 0.1) is 24.4 Å². The van der Waals surface area contributed by atoms with Gasteiger partial charge in [-0.3, -0.25) is 9.69 Å². The minimum atomic E-state index is 0.151. The number of likely N-dealkylation sites (tertiary alicyclic amines) is 1. The van der Waals surface area contributed by atoms with Crippen molar-refractivity contribution in [1.82, 2.24) is 20.0 Å². The first kappa shape index (κ1) is 19.0. The molecule has 3 atom stereocenters. The van der Waals surface area contributed by atoms with Crippen molar-refractivity contribution in [2.45, 2.75) is 57.2 Å². The third-order valence-electron chi connectivity index (χ3n) is 6.30. The summed E-state index contributed by atoms with van der Waals surface area (Å²) in [5, 5.41) is 7.91. The van der Waals surface area contributed by atoms with E-state index >= 15 is 0 Å². The molecule has 1 amide bonds. The standard InChI is InChI=1S/C22H30N4O2/c1-15-17(22(28-3)25(2)24-15)13-26-14-18(16-9-5-4-6-10-16)21-19(26)11-7-8-12-20(27)23-21/h4-6,9-10,18-19,21H,7-8,11-14H2,1-3H3,(H,23,27)/t18-,19+,21-/m0/s1. The number of aromatic nitrogens is 2. The number of aryl methyl sites for hydroxylation is 2. The molecule has 6 heteroatoms. The van der Waals surface area contributed by atoms with Crippen molar-refractivity contribution < 1.29 is 9.53 Å². The molecule has 2 aliphatic rings. The highest BCUT2D eigenvalue weighted by Crippen LogP contribution is 2.37. The molecule has 2 aliphatic heterocycles. The molecule has 1 aromatic heterocycles. The Morgan fingerprint density at radius 3 is 2.79 bits per heavy atom. The third kappa shape index (κ3) is 3.53. The average molecular weight is 383 g/mol. The summed E-state index contributed by atoms with van der Waals surface area (Å²) in [6, 6.07) is 11.1. The molecule has 0 bridgehead atoms. The van der Waals surface area contributed by atoms with Crippen molar-refractivity contribution in [2.24, 2.45) is 7.05 Å². The fraction of sp³-hybridized carbons (Fsp3) is 0.545. The summed E-state index contributed by atoms with van der Waals surface area (Å²) in [6.45, 7) is 3.76. The zero-order valence-electron chi connectivity index (χ0n) is 17.0. The van der Waals surface area contributed by atoms with Crippen molar-refractivity contribution in [3.8, 4) is 5.88 Å². The van der Waals surface area contributed by atoms with Crippen molar-refractivity contribution in [3.63, 3.8) is 0 Å². The first-order valence-corrected chi connectivity index (χ1v) is 10.2. The number of hydrogen-bond donors (Lipinski definition) is 1. The van der Waals surface area contributed by atoms with Gasteiger partial charge in [0.2, 0.25) is 11.8 Å². The molecule has 0 aliphatic carbocycles. The largest absolute Gasteiger partial charge is 0.481 e. The average Bonchev–Trinajstić information content (AvgIpc) is 3.14. The van der Waals surface area contributed by atoms with Gasteiger partial charge < -0.3 is 10.1 Å². The van der Waals surface area contributed by atoms with Gasteiger partial charge in [0.25, 0.3) is 0 Å². The van der Waals surface area contributed by atoms with Crippen LogP contribution >= 0.6 is 0 Å². The second kappa shape index (κ2) is 7.95. The van der Waals surface area contributed by atoms with Gasteiger partial charge in [0, 0.05) is 38.5 Å². The molecule has 3 heterocycles. The summed E-state index contributed by atoms with van der Waals surface area (Å²) < 4.78 is 7.43. The maximum absolute atomic E-state index is 12.4. The van der Waals surface area contributed by atoms with Gasteiger partial charge in [-0.15, -0.1) is 0 Å². The van der Waals surface area contributed by atoms with Crippen molar-refractivity contribution >= 4 is 5.91 Å². The third-order valence-corrected chi connectivity index (χ3v) is 6.30. The van der Waals surface area contributed by atoms with Crippen LogP contribution in [0.2, 0.25) is 0 Å². The summed E-state index contributed by atoms with van der Waals surface area (Å²) in [7, 11) is 3.63. The molecule has 0 saturated carbocycles. The van der Waals surface area contributed by atoms with Crippen LogP contribution in [-0.2, 0) is 18.4 Å². The Kier molecular flexibility index (Phi) is 5.40. The van der Waals surface area contributed by atoms with E-state index in [0.29, 0.717) is 18.4 Å². The molecule has 1 aromatic carbocycles. The predicted octanol–water partition coefficient (Wildman–Crippen LogP) is 2.76. The number of carbonyl (C=O) groups is 1. The maximum Gasteiger partial charge on any atom is 0.220 e. The quantitative estimate of drug-likeness (QED) is 0.883. The van der Waals surface area contributed by atoms with Crippen LogP contribution in [0.4, 0.5) is 0 Å². The Bertz CT molecular complexity index is 833. The maximum atomic E-state index is 12.4. The number of rotatable bonds is 4. The van der Waals surface area contributed by atoms with Gasteiger partial charge in [0.1, 0.15) is 0 Å². The van der Waals surface area contributed by atoms with Crippen LogP contribution in [-0.4, -0.2) is 46.3 Å². The fourth-order valence-corrected chi connectivity index (χ4v) is 4.97. The highest BCUT2D eigenvalue weighted by atomic mass is 16.5.